The highest BCUT2D eigenvalue weighted by molar-refractivity contribution is 6.08. The zero-order valence-corrected chi connectivity index (χ0v) is 15.6. The van der Waals surface area contributed by atoms with Crippen LogP contribution in [0.4, 0.5) is 4.79 Å². The molecule has 3 heterocycles. The van der Waals surface area contributed by atoms with Gasteiger partial charge in [0, 0.05) is 36.2 Å². The summed E-state index contributed by atoms with van der Waals surface area (Å²) in [4.78, 5) is 32.6. The lowest BCUT2D eigenvalue weighted by Crippen LogP contribution is -2.30. The highest BCUT2D eigenvalue weighted by atomic mass is 16.5. The number of carbonyl (C=O) groups excluding carboxylic acids is 2. The number of aliphatic imine (C=N–C) groups is 1. The minimum atomic E-state index is -0.567. The second-order valence-corrected chi connectivity index (χ2v) is 7.02. The van der Waals surface area contributed by atoms with Gasteiger partial charge in [-0.1, -0.05) is 18.2 Å². The van der Waals surface area contributed by atoms with Crippen molar-refractivity contribution in [3.63, 3.8) is 0 Å². The molecule has 1 amide bonds. The van der Waals surface area contributed by atoms with Crippen molar-refractivity contribution in [3.05, 3.63) is 58.9 Å². The van der Waals surface area contributed by atoms with Gasteiger partial charge in [-0.2, -0.15) is 0 Å². The van der Waals surface area contributed by atoms with Gasteiger partial charge in [0.25, 0.3) is 0 Å². The highest BCUT2D eigenvalue weighted by Gasteiger charge is 2.23. The quantitative estimate of drug-likeness (QED) is 0.881. The zero-order chi connectivity index (χ0) is 19.5. The number of benzene rings is 1. The predicted octanol–water partition coefficient (Wildman–Crippen LogP) is 2.45. The van der Waals surface area contributed by atoms with Crippen molar-refractivity contribution in [1.82, 2.24) is 10.3 Å². The Labute approximate surface area is 162 Å². The Morgan fingerprint density at radius 2 is 2.14 bits per heavy atom. The first kappa shape index (κ1) is 18.2. The topological polar surface area (TPSA) is 89.9 Å². The van der Waals surface area contributed by atoms with Gasteiger partial charge in [0.15, 0.2) is 0 Å². The van der Waals surface area contributed by atoms with Crippen molar-refractivity contribution in [1.29, 1.82) is 0 Å². The van der Waals surface area contributed by atoms with E-state index in [2.05, 4.69) is 20.0 Å². The van der Waals surface area contributed by atoms with Crippen molar-refractivity contribution in [2.45, 2.75) is 25.8 Å². The Morgan fingerprint density at radius 3 is 3.00 bits per heavy atom. The molecule has 1 atom stereocenters. The fourth-order valence-corrected chi connectivity index (χ4v) is 3.61. The van der Waals surface area contributed by atoms with Crippen LogP contribution in [0.2, 0.25) is 0 Å². The van der Waals surface area contributed by atoms with Gasteiger partial charge in [-0.05, 0) is 29.7 Å². The number of alkyl carbamates (subject to hydrolysis) is 1. The van der Waals surface area contributed by atoms with E-state index in [1.165, 1.54) is 7.11 Å². The molecular weight excluding hydrogens is 358 g/mol. The molecule has 7 nitrogen and oxygen atoms in total. The SMILES string of the molecule is COC(=O)NC1=NCc2cc(CC(=O)CC3COc4ccccc4C3)ncc21. The maximum absolute atomic E-state index is 12.5. The molecule has 4 rings (SSSR count). The van der Waals surface area contributed by atoms with Crippen molar-refractivity contribution < 1.29 is 19.1 Å². The van der Waals surface area contributed by atoms with Gasteiger partial charge in [-0.25, -0.2) is 4.79 Å². The second kappa shape index (κ2) is 7.80. The van der Waals surface area contributed by atoms with Crippen molar-refractivity contribution in [2.24, 2.45) is 10.9 Å². The van der Waals surface area contributed by atoms with Gasteiger partial charge in [0.05, 0.1) is 20.3 Å². The van der Waals surface area contributed by atoms with Gasteiger partial charge in [-0.3, -0.25) is 20.1 Å². The lowest BCUT2D eigenvalue weighted by Gasteiger charge is -2.24. The normalized spacial score (nSPS) is 17.0. The first-order valence-corrected chi connectivity index (χ1v) is 9.22. The third-order valence-electron chi connectivity index (χ3n) is 4.97. The fourth-order valence-electron chi connectivity index (χ4n) is 3.61. The molecule has 144 valence electrons. The van der Waals surface area contributed by atoms with E-state index in [1.54, 1.807) is 6.20 Å². The lowest BCUT2D eigenvalue weighted by atomic mass is 9.91. The molecule has 0 saturated carbocycles. The number of carbonyl (C=O) groups is 2. The summed E-state index contributed by atoms with van der Waals surface area (Å²) >= 11 is 0. The van der Waals surface area contributed by atoms with Crippen LogP contribution in [0.3, 0.4) is 0 Å². The Balaban J connectivity index is 1.35. The van der Waals surface area contributed by atoms with Crippen LogP contribution in [0, 0.1) is 5.92 Å². The monoisotopic (exact) mass is 379 g/mol. The molecule has 0 fully saturated rings. The summed E-state index contributed by atoms with van der Waals surface area (Å²) in [6.45, 7) is 1.02. The molecule has 0 saturated heterocycles. The molecule has 0 spiro atoms. The number of nitrogens with zero attached hydrogens (tertiary/aromatic N) is 2. The summed E-state index contributed by atoms with van der Waals surface area (Å²) in [7, 11) is 1.30. The van der Waals surface area contributed by atoms with Gasteiger partial charge in [-0.15, -0.1) is 0 Å². The average molecular weight is 379 g/mol. The van der Waals surface area contributed by atoms with Crippen LogP contribution in [-0.2, 0) is 28.9 Å². The molecule has 28 heavy (non-hydrogen) atoms. The molecule has 2 aliphatic heterocycles. The van der Waals surface area contributed by atoms with Gasteiger partial charge < -0.3 is 9.47 Å². The van der Waals surface area contributed by atoms with Crippen LogP contribution in [0.1, 0.15) is 28.8 Å². The van der Waals surface area contributed by atoms with E-state index in [0.29, 0.717) is 25.4 Å². The summed E-state index contributed by atoms with van der Waals surface area (Å²) in [5.41, 5.74) is 3.58. The van der Waals surface area contributed by atoms with Crippen LogP contribution >= 0.6 is 0 Å². The van der Waals surface area contributed by atoms with Crippen molar-refractivity contribution in [3.8, 4) is 5.75 Å². The van der Waals surface area contributed by atoms with Crippen LogP contribution in [0.5, 0.6) is 5.75 Å². The van der Waals surface area contributed by atoms with E-state index in [-0.39, 0.29) is 18.1 Å². The Bertz CT molecular complexity index is 954. The molecule has 1 unspecified atom stereocenters. The lowest BCUT2D eigenvalue weighted by molar-refractivity contribution is -0.119. The number of para-hydroxylation sites is 1. The van der Waals surface area contributed by atoms with E-state index in [4.69, 9.17) is 4.74 Å². The number of hydrogen-bond donors (Lipinski definition) is 1. The van der Waals surface area contributed by atoms with E-state index in [0.717, 1.165) is 34.6 Å². The van der Waals surface area contributed by atoms with Crippen LogP contribution in [-0.4, -0.2) is 36.4 Å². The third kappa shape index (κ3) is 3.88. The first-order chi connectivity index (χ1) is 13.6. The molecule has 0 bridgehead atoms. The first-order valence-electron chi connectivity index (χ1n) is 9.22. The number of fused-ring (bicyclic) bond motifs is 2. The summed E-state index contributed by atoms with van der Waals surface area (Å²) in [5.74, 6) is 1.70. The van der Waals surface area contributed by atoms with Gasteiger partial charge in [0.2, 0.25) is 0 Å². The Hall–Kier alpha value is -3.22. The summed E-state index contributed by atoms with van der Waals surface area (Å²) in [6, 6.07) is 9.85. The number of amidine groups is 1. The van der Waals surface area contributed by atoms with Crippen molar-refractivity contribution in [2.75, 3.05) is 13.7 Å². The minimum Gasteiger partial charge on any atom is -0.493 e. The second-order valence-electron chi connectivity index (χ2n) is 7.02. The van der Waals surface area contributed by atoms with Crippen molar-refractivity contribution >= 4 is 17.7 Å². The molecule has 1 N–H and O–H groups in total. The van der Waals surface area contributed by atoms with Crippen LogP contribution < -0.4 is 10.1 Å². The number of nitrogens with one attached hydrogen (secondary N) is 1. The molecule has 2 aliphatic rings. The summed E-state index contributed by atoms with van der Waals surface area (Å²) in [6.07, 6.45) is 2.70. The summed E-state index contributed by atoms with van der Waals surface area (Å²) < 4.78 is 10.4. The molecule has 1 aromatic carbocycles. The van der Waals surface area contributed by atoms with E-state index in [1.807, 2.05) is 30.3 Å². The van der Waals surface area contributed by atoms with E-state index in [9.17, 15) is 9.59 Å². The minimum absolute atomic E-state index is 0.146. The number of pyridine rings is 1. The van der Waals surface area contributed by atoms with E-state index >= 15 is 0 Å². The number of Topliss-reactive ketones (excluding diaryl/α,β-unsaturated/α-hetero) is 1. The number of aromatic nitrogens is 1. The summed E-state index contributed by atoms with van der Waals surface area (Å²) in [5, 5.41) is 2.58. The smallest absolute Gasteiger partial charge is 0.412 e. The molecular formula is C21H21N3O4. The Kier molecular flexibility index (Phi) is 5.06. The standard InChI is InChI=1S/C21H21N3O4/c1-27-21(26)24-20-18-11-22-16(8-15(18)10-23-20)9-17(25)7-13-6-14-4-2-3-5-19(14)28-12-13/h2-5,8,11,13H,6-7,9-10,12H2,1H3,(H,23,24,26). The zero-order valence-electron chi connectivity index (χ0n) is 15.6. The number of methoxy groups -OCH3 is 1. The fraction of sp³-hybridized carbons (Fsp3) is 0.333. The van der Waals surface area contributed by atoms with Crippen LogP contribution in [0.25, 0.3) is 0 Å². The number of ketones is 1. The molecule has 7 heteroatoms. The average Bonchev–Trinajstić information content (AvgIpc) is 3.09. The van der Waals surface area contributed by atoms with Crippen LogP contribution in [0.15, 0.2) is 41.5 Å². The molecule has 0 aliphatic carbocycles. The number of hydrogen-bond acceptors (Lipinski definition) is 6. The predicted molar refractivity (Wildman–Crippen MR) is 102 cm³/mol. The van der Waals surface area contributed by atoms with E-state index < -0.39 is 6.09 Å². The third-order valence-corrected chi connectivity index (χ3v) is 4.97. The van der Waals surface area contributed by atoms with Gasteiger partial charge in [0.1, 0.15) is 17.4 Å². The maximum atomic E-state index is 12.5. The highest BCUT2D eigenvalue weighted by Crippen LogP contribution is 2.28. The molecule has 0 radical (unpaired) electrons. The maximum Gasteiger partial charge on any atom is 0.412 e. The molecule has 2 aromatic rings. The number of ether oxygens (including phenoxy) is 2. The van der Waals surface area contributed by atoms with Gasteiger partial charge >= 0.3 is 6.09 Å². The number of amides is 1. The molecule has 1 aromatic heterocycles. The Morgan fingerprint density at radius 1 is 1.29 bits per heavy atom. The number of rotatable bonds is 4. The largest absolute Gasteiger partial charge is 0.493 e.